The Morgan fingerprint density at radius 1 is 1.14 bits per heavy atom. The fraction of sp³-hybridized carbons (Fsp3) is 0.235. The van der Waals surface area contributed by atoms with Crippen molar-refractivity contribution in [3.8, 4) is 5.75 Å². The average molecular weight is 409 g/mol. The Hall–Kier alpha value is -3.34. The van der Waals surface area contributed by atoms with Crippen molar-refractivity contribution in [2.24, 2.45) is 0 Å². The lowest BCUT2D eigenvalue weighted by Gasteiger charge is -2.14. The van der Waals surface area contributed by atoms with Gasteiger partial charge in [0.1, 0.15) is 5.75 Å². The Bertz CT molecular complexity index is 976. The van der Waals surface area contributed by atoms with E-state index in [-0.39, 0.29) is 34.3 Å². The van der Waals surface area contributed by atoms with Crippen LogP contribution in [0.1, 0.15) is 13.8 Å². The number of nitrogens with one attached hydrogen (secondary N) is 2. The standard InChI is InChI=1S/C17H19N3O7S/c1-3-26-16-9-8-14(11-15(16)18-17(21)27-4-2)28(24,25)19-12-6-5-7-13(10-12)20(22)23/h5-11,19H,3-4H2,1-2H3,(H,18,21). The second-order valence-electron chi connectivity index (χ2n) is 5.35. The zero-order valence-electron chi connectivity index (χ0n) is 15.2. The predicted octanol–water partition coefficient (Wildman–Crippen LogP) is 3.36. The average Bonchev–Trinajstić information content (AvgIpc) is 2.63. The quantitative estimate of drug-likeness (QED) is 0.504. The number of rotatable bonds is 8. The van der Waals surface area contributed by atoms with E-state index in [0.717, 1.165) is 6.07 Å². The number of carbonyl (C=O) groups excluding carboxylic acids is 1. The van der Waals surface area contributed by atoms with Crippen molar-refractivity contribution in [3.05, 3.63) is 52.6 Å². The van der Waals surface area contributed by atoms with Crippen LogP contribution in [-0.2, 0) is 14.8 Å². The Morgan fingerprint density at radius 3 is 2.54 bits per heavy atom. The number of hydrogen-bond donors (Lipinski definition) is 2. The summed E-state index contributed by atoms with van der Waals surface area (Å²) >= 11 is 0. The van der Waals surface area contributed by atoms with E-state index in [1.54, 1.807) is 13.8 Å². The fourth-order valence-electron chi connectivity index (χ4n) is 2.23. The van der Waals surface area contributed by atoms with Gasteiger partial charge >= 0.3 is 6.09 Å². The van der Waals surface area contributed by atoms with Crippen molar-refractivity contribution in [3.63, 3.8) is 0 Å². The predicted molar refractivity (Wildman–Crippen MR) is 102 cm³/mol. The van der Waals surface area contributed by atoms with Crippen LogP contribution < -0.4 is 14.8 Å². The van der Waals surface area contributed by atoms with Gasteiger partial charge < -0.3 is 9.47 Å². The van der Waals surface area contributed by atoms with Crippen LogP contribution in [0.2, 0.25) is 0 Å². The molecule has 2 aromatic rings. The third-order valence-corrected chi connectivity index (χ3v) is 4.76. The molecule has 0 aliphatic carbocycles. The summed E-state index contributed by atoms with van der Waals surface area (Å²) < 4.78 is 37.8. The lowest BCUT2D eigenvalue weighted by atomic mass is 10.3. The molecule has 0 heterocycles. The number of amides is 1. The molecule has 0 atom stereocenters. The molecule has 0 saturated heterocycles. The summed E-state index contributed by atoms with van der Waals surface area (Å²) in [6.07, 6.45) is -0.760. The molecule has 0 aromatic heterocycles. The monoisotopic (exact) mass is 409 g/mol. The maximum Gasteiger partial charge on any atom is 0.411 e. The molecule has 0 spiro atoms. The maximum atomic E-state index is 12.6. The first kappa shape index (κ1) is 21.0. The van der Waals surface area contributed by atoms with Gasteiger partial charge in [-0.25, -0.2) is 13.2 Å². The summed E-state index contributed by atoms with van der Waals surface area (Å²) in [6, 6.07) is 8.99. The lowest BCUT2D eigenvalue weighted by molar-refractivity contribution is -0.384. The number of ether oxygens (including phenoxy) is 2. The molecule has 0 aliphatic rings. The molecule has 0 saturated carbocycles. The summed E-state index contributed by atoms with van der Waals surface area (Å²) in [7, 11) is -4.08. The van der Waals surface area contributed by atoms with Crippen LogP contribution in [-0.4, -0.2) is 32.6 Å². The Balaban J connectivity index is 2.35. The summed E-state index contributed by atoms with van der Waals surface area (Å²) in [6.45, 7) is 3.81. The molecule has 0 unspecified atom stereocenters. The summed E-state index contributed by atoms with van der Waals surface area (Å²) in [4.78, 5) is 21.8. The molecule has 2 aromatic carbocycles. The highest BCUT2D eigenvalue weighted by atomic mass is 32.2. The van der Waals surface area contributed by atoms with Gasteiger partial charge in [0.15, 0.2) is 0 Å². The summed E-state index contributed by atoms with van der Waals surface area (Å²) in [5.41, 5.74) is -0.109. The third-order valence-electron chi connectivity index (χ3n) is 3.38. The minimum atomic E-state index is -4.08. The van der Waals surface area contributed by atoms with Gasteiger partial charge in [0.2, 0.25) is 0 Å². The largest absolute Gasteiger partial charge is 0.492 e. The van der Waals surface area contributed by atoms with Crippen LogP contribution in [0.5, 0.6) is 5.75 Å². The minimum absolute atomic E-state index is 0.0305. The van der Waals surface area contributed by atoms with Gasteiger partial charge in [0, 0.05) is 12.1 Å². The number of benzene rings is 2. The number of nitro benzene ring substituents is 1. The number of carbonyl (C=O) groups is 1. The van der Waals surface area contributed by atoms with Crippen LogP contribution >= 0.6 is 0 Å². The van der Waals surface area contributed by atoms with Crippen LogP contribution in [0.25, 0.3) is 0 Å². The summed E-state index contributed by atoms with van der Waals surface area (Å²) in [5, 5.41) is 13.3. The van der Waals surface area contributed by atoms with E-state index >= 15 is 0 Å². The van der Waals surface area contributed by atoms with E-state index in [4.69, 9.17) is 9.47 Å². The zero-order valence-corrected chi connectivity index (χ0v) is 16.0. The highest BCUT2D eigenvalue weighted by Gasteiger charge is 2.19. The maximum absolute atomic E-state index is 12.6. The first-order valence-electron chi connectivity index (χ1n) is 8.24. The second-order valence-corrected chi connectivity index (χ2v) is 7.03. The lowest BCUT2D eigenvalue weighted by Crippen LogP contribution is -2.16. The molecule has 0 bridgehead atoms. The van der Waals surface area contributed by atoms with Gasteiger partial charge in [-0.15, -0.1) is 0 Å². The molecule has 150 valence electrons. The number of sulfonamides is 1. The van der Waals surface area contributed by atoms with Crippen molar-refractivity contribution in [2.75, 3.05) is 23.3 Å². The van der Waals surface area contributed by atoms with Gasteiger partial charge in [0.25, 0.3) is 15.7 Å². The molecule has 28 heavy (non-hydrogen) atoms. The van der Waals surface area contributed by atoms with E-state index in [0.29, 0.717) is 6.61 Å². The smallest absolute Gasteiger partial charge is 0.411 e. The topological polar surface area (TPSA) is 137 Å². The molecule has 0 fully saturated rings. The van der Waals surface area contributed by atoms with Crippen molar-refractivity contribution in [1.29, 1.82) is 0 Å². The van der Waals surface area contributed by atoms with Crippen molar-refractivity contribution in [2.45, 2.75) is 18.7 Å². The normalized spacial score (nSPS) is 10.8. The highest BCUT2D eigenvalue weighted by molar-refractivity contribution is 7.92. The molecule has 10 nitrogen and oxygen atoms in total. The van der Waals surface area contributed by atoms with E-state index < -0.39 is 21.0 Å². The molecule has 1 amide bonds. The number of hydrogen-bond acceptors (Lipinski definition) is 7. The molecular formula is C17H19N3O7S. The highest BCUT2D eigenvalue weighted by Crippen LogP contribution is 2.29. The summed E-state index contributed by atoms with van der Waals surface area (Å²) in [5.74, 6) is 0.268. The van der Waals surface area contributed by atoms with E-state index in [1.807, 2.05) is 0 Å². The Kier molecular flexibility index (Phi) is 6.77. The van der Waals surface area contributed by atoms with Crippen LogP contribution in [0.15, 0.2) is 47.4 Å². The second kappa shape index (κ2) is 9.04. The number of nitro groups is 1. The van der Waals surface area contributed by atoms with Gasteiger partial charge in [-0.05, 0) is 38.1 Å². The molecule has 2 N–H and O–H groups in total. The van der Waals surface area contributed by atoms with E-state index in [9.17, 15) is 23.3 Å². The number of anilines is 2. The van der Waals surface area contributed by atoms with Crippen molar-refractivity contribution >= 4 is 33.2 Å². The van der Waals surface area contributed by atoms with Gasteiger partial charge in [-0.3, -0.25) is 20.2 Å². The fourth-order valence-corrected chi connectivity index (χ4v) is 3.30. The molecule has 0 aliphatic heterocycles. The molecule has 2 rings (SSSR count). The Morgan fingerprint density at radius 2 is 1.89 bits per heavy atom. The van der Waals surface area contributed by atoms with Gasteiger partial charge in [-0.2, -0.15) is 0 Å². The van der Waals surface area contributed by atoms with E-state index in [2.05, 4.69) is 10.0 Å². The van der Waals surface area contributed by atoms with E-state index in [1.165, 1.54) is 36.4 Å². The molecular weight excluding hydrogens is 390 g/mol. The number of non-ortho nitro benzene ring substituents is 1. The van der Waals surface area contributed by atoms with Crippen molar-refractivity contribution < 1.29 is 27.6 Å². The van der Waals surface area contributed by atoms with Gasteiger partial charge in [-0.1, -0.05) is 6.07 Å². The Labute approximate surface area is 161 Å². The first-order valence-corrected chi connectivity index (χ1v) is 9.73. The van der Waals surface area contributed by atoms with Gasteiger partial charge in [0.05, 0.1) is 34.4 Å². The van der Waals surface area contributed by atoms with Crippen LogP contribution in [0.3, 0.4) is 0 Å². The first-order chi connectivity index (χ1) is 13.3. The minimum Gasteiger partial charge on any atom is -0.492 e. The van der Waals surface area contributed by atoms with Crippen LogP contribution in [0, 0.1) is 10.1 Å². The third kappa shape index (κ3) is 5.33. The van der Waals surface area contributed by atoms with Crippen molar-refractivity contribution in [1.82, 2.24) is 0 Å². The zero-order chi connectivity index (χ0) is 20.7. The SMILES string of the molecule is CCOC(=O)Nc1cc(S(=O)(=O)Nc2cccc([N+](=O)[O-])c2)ccc1OCC. The number of nitrogens with zero attached hydrogens (tertiary/aromatic N) is 1. The van der Waals surface area contributed by atoms with Crippen LogP contribution in [0.4, 0.5) is 21.9 Å². The molecule has 0 radical (unpaired) electrons. The molecule has 11 heteroatoms.